The molecule has 0 aliphatic carbocycles. The van der Waals surface area contributed by atoms with Crippen LogP contribution in [-0.2, 0) is 0 Å². The lowest BCUT2D eigenvalue weighted by Gasteiger charge is -2.04. The Labute approximate surface area is 229 Å². The number of benzene rings is 4. The molecule has 0 saturated carbocycles. The van der Waals surface area contributed by atoms with Crippen molar-refractivity contribution in [2.24, 2.45) is 0 Å². The number of hydrogen-bond donors (Lipinski definition) is 2. The minimum Gasteiger partial charge on any atom is -0.423 e. The summed E-state index contributed by atoms with van der Waals surface area (Å²) in [4.78, 5) is 0. The quantitative estimate of drug-likeness (QED) is 0.165. The highest BCUT2D eigenvalue weighted by atomic mass is 127. The highest BCUT2D eigenvalue weighted by Crippen LogP contribution is 2.29. The molecule has 0 aromatic heterocycles. The van der Waals surface area contributed by atoms with E-state index in [9.17, 15) is 0 Å². The first-order chi connectivity index (χ1) is 15.3. The van der Waals surface area contributed by atoms with Crippen LogP contribution in [0.15, 0.2) is 106 Å². The van der Waals surface area contributed by atoms with Crippen LogP contribution in [0.4, 0.5) is 0 Å². The van der Waals surface area contributed by atoms with Crippen LogP contribution in [0.5, 0.6) is 0 Å². The van der Waals surface area contributed by atoms with E-state index in [1.807, 2.05) is 60.7 Å². The van der Waals surface area contributed by atoms with E-state index in [0.717, 1.165) is 20.6 Å². The van der Waals surface area contributed by atoms with E-state index in [1.54, 1.807) is 18.2 Å². The summed E-state index contributed by atoms with van der Waals surface area (Å²) in [6.07, 6.45) is 0. The summed E-state index contributed by atoms with van der Waals surface area (Å²) in [5, 5.41) is 18.6. The molecule has 2 nitrogen and oxygen atoms in total. The summed E-state index contributed by atoms with van der Waals surface area (Å²) >= 11 is 20.7. The van der Waals surface area contributed by atoms with E-state index in [2.05, 4.69) is 66.6 Å². The molecule has 0 unspecified atom stereocenters. The molecule has 0 atom stereocenters. The number of rotatable bonds is 2. The van der Waals surface area contributed by atoms with Gasteiger partial charge < -0.3 is 10.0 Å². The Balaban J connectivity index is 0.000000178. The average Bonchev–Trinajstić information content (AvgIpc) is 2.77. The Morgan fingerprint density at radius 1 is 0.656 bits per heavy atom. The SMILES string of the molecule is Brc1ccccc1I.Clc1cccc(-c2ccccc2Br)c1.OB(O)c1cccc(Cl)c1. The zero-order chi connectivity index (χ0) is 23.5. The third-order valence-corrected chi connectivity index (χ3v) is 7.52. The van der Waals surface area contributed by atoms with E-state index in [4.69, 9.17) is 33.2 Å². The van der Waals surface area contributed by atoms with Gasteiger partial charge in [0.05, 0.1) is 0 Å². The molecule has 2 N–H and O–H groups in total. The van der Waals surface area contributed by atoms with Gasteiger partial charge >= 0.3 is 7.12 Å². The maximum atomic E-state index is 8.65. The van der Waals surface area contributed by atoms with Gasteiger partial charge in [-0.3, -0.25) is 0 Å². The molecule has 0 saturated heterocycles. The van der Waals surface area contributed by atoms with Crippen LogP contribution < -0.4 is 5.46 Å². The zero-order valence-corrected chi connectivity index (χ0v) is 23.4. The fourth-order valence-corrected chi connectivity index (χ4v) is 4.03. The monoisotopic (exact) mass is 704 g/mol. The normalized spacial score (nSPS) is 9.72. The Hall–Kier alpha value is -0.865. The van der Waals surface area contributed by atoms with Crippen molar-refractivity contribution in [1.29, 1.82) is 0 Å². The summed E-state index contributed by atoms with van der Waals surface area (Å²) in [5.41, 5.74) is 2.70. The van der Waals surface area contributed by atoms with Gasteiger partial charge in [-0.2, -0.15) is 0 Å². The van der Waals surface area contributed by atoms with E-state index < -0.39 is 7.12 Å². The molecule has 0 aliphatic rings. The first kappa shape index (κ1) is 27.4. The minimum absolute atomic E-state index is 0.410. The topological polar surface area (TPSA) is 40.5 Å². The van der Waals surface area contributed by atoms with E-state index >= 15 is 0 Å². The molecule has 4 aromatic carbocycles. The highest BCUT2D eigenvalue weighted by Gasteiger charge is 2.09. The van der Waals surface area contributed by atoms with Crippen LogP contribution in [0.2, 0.25) is 10.0 Å². The predicted molar refractivity (Wildman–Crippen MR) is 153 cm³/mol. The van der Waals surface area contributed by atoms with E-state index in [-0.39, 0.29) is 0 Å². The van der Waals surface area contributed by atoms with Gasteiger partial charge in [-0.05, 0) is 97.6 Å². The second-order valence-electron chi connectivity index (χ2n) is 6.33. The molecular weight excluding hydrogens is 689 g/mol. The fourth-order valence-electron chi connectivity index (χ4n) is 2.46. The Kier molecular flexibility index (Phi) is 12.3. The first-order valence-corrected chi connectivity index (χ1v) is 12.7. The lowest BCUT2D eigenvalue weighted by molar-refractivity contribution is 0.426. The van der Waals surface area contributed by atoms with Gasteiger partial charge in [0.25, 0.3) is 0 Å². The Bertz CT molecular complexity index is 1130. The summed E-state index contributed by atoms with van der Waals surface area (Å²) in [7, 11) is -1.43. The summed E-state index contributed by atoms with van der Waals surface area (Å²) in [6.45, 7) is 0. The molecule has 32 heavy (non-hydrogen) atoms. The molecule has 4 rings (SSSR count). The molecule has 4 aromatic rings. The van der Waals surface area contributed by atoms with Gasteiger partial charge in [-0.1, -0.05) is 93.7 Å². The van der Waals surface area contributed by atoms with Crippen molar-refractivity contribution in [2.75, 3.05) is 0 Å². The molecule has 0 heterocycles. The largest absolute Gasteiger partial charge is 0.488 e. The standard InChI is InChI=1S/C12H8BrCl.C6H6BClO2.C6H4BrI/c13-12-7-2-1-6-11(12)9-4-3-5-10(14)8-9;8-6-3-1-2-5(4-6)7(9)10;7-5-3-1-2-4-6(5)8/h1-8H;1-4,9-10H;1-4H. The van der Waals surface area contributed by atoms with Crippen LogP contribution >= 0.6 is 77.7 Å². The van der Waals surface area contributed by atoms with Gasteiger partial charge in [-0.15, -0.1) is 0 Å². The third kappa shape index (κ3) is 9.55. The van der Waals surface area contributed by atoms with Gasteiger partial charge in [0.15, 0.2) is 0 Å². The Morgan fingerprint density at radius 2 is 1.22 bits per heavy atom. The van der Waals surface area contributed by atoms with Crippen molar-refractivity contribution in [3.8, 4) is 11.1 Å². The lowest BCUT2D eigenvalue weighted by atomic mass is 9.81. The average molecular weight is 707 g/mol. The fraction of sp³-hybridized carbons (Fsp3) is 0. The van der Waals surface area contributed by atoms with E-state index in [0.29, 0.717) is 10.5 Å². The van der Waals surface area contributed by atoms with Crippen LogP contribution in [0.3, 0.4) is 0 Å². The molecule has 164 valence electrons. The zero-order valence-electron chi connectivity index (χ0n) is 16.6. The van der Waals surface area contributed by atoms with Crippen LogP contribution in [0, 0.1) is 3.57 Å². The first-order valence-electron chi connectivity index (χ1n) is 9.30. The van der Waals surface area contributed by atoms with Gasteiger partial charge in [0.1, 0.15) is 0 Å². The molecule has 0 aliphatic heterocycles. The van der Waals surface area contributed by atoms with Gasteiger partial charge in [0.2, 0.25) is 0 Å². The maximum Gasteiger partial charge on any atom is 0.488 e. The van der Waals surface area contributed by atoms with Crippen molar-refractivity contribution in [1.82, 2.24) is 0 Å². The lowest BCUT2D eigenvalue weighted by Crippen LogP contribution is -2.29. The second kappa shape index (κ2) is 14.4. The van der Waals surface area contributed by atoms with Crippen molar-refractivity contribution >= 4 is 90.2 Å². The summed E-state index contributed by atoms with van der Waals surface area (Å²) < 4.78 is 3.51. The van der Waals surface area contributed by atoms with Crippen molar-refractivity contribution in [3.63, 3.8) is 0 Å². The maximum absolute atomic E-state index is 8.65. The van der Waals surface area contributed by atoms with Crippen LogP contribution in [-0.4, -0.2) is 17.2 Å². The van der Waals surface area contributed by atoms with Gasteiger partial charge in [0, 0.05) is 22.6 Å². The number of hydrogen-bond acceptors (Lipinski definition) is 2. The smallest absolute Gasteiger partial charge is 0.423 e. The molecule has 0 bridgehead atoms. The Morgan fingerprint density at radius 3 is 1.69 bits per heavy atom. The predicted octanol–water partition coefficient (Wildman–Crippen LogP) is 7.84. The van der Waals surface area contributed by atoms with E-state index in [1.165, 1.54) is 14.1 Å². The van der Waals surface area contributed by atoms with Crippen molar-refractivity contribution < 1.29 is 10.0 Å². The highest BCUT2D eigenvalue weighted by molar-refractivity contribution is 14.1. The second-order valence-corrected chi connectivity index (χ2v) is 10.1. The molecule has 0 fully saturated rings. The third-order valence-electron chi connectivity index (χ3n) is 3.98. The summed E-state index contributed by atoms with van der Waals surface area (Å²) in [6, 6.07) is 30.5. The number of halogens is 5. The van der Waals surface area contributed by atoms with Crippen molar-refractivity contribution in [3.05, 3.63) is 120 Å². The van der Waals surface area contributed by atoms with Crippen molar-refractivity contribution in [2.45, 2.75) is 0 Å². The molecule has 0 spiro atoms. The van der Waals surface area contributed by atoms with Crippen LogP contribution in [0.25, 0.3) is 11.1 Å². The van der Waals surface area contributed by atoms with Crippen LogP contribution in [0.1, 0.15) is 0 Å². The van der Waals surface area contributed by atoms with Gasteiger partial charge in [-0.25, -0.2) is 0 Å². The molecule has 8 heteroatoms. The molecule has 0 radical (unpaired) electrons. The molecular formula is C24H18BBr2Cl2IO2. The molecule has 0 amide bonds. The minimum atomic E-state index is -1.43. The summed E-state index contributed by atoms with van der Waals surface area (Å²) in [5.74, 6) is 0.